The largest absolute Gasteiger partial charge is 0.359 e. The van der Waals surface area contributed by atoms with E-state index in [1.54, 1.807) is 5.57 Å². The standard InChI is InChI=1S/C49H55N3/c50-34-35-12-9-18-42(30-35)47-33-41(40-17-11-19-43(32-40)46-22-7-8-23-48(46)51-44-20-5-2-6-21-44)26-29-49(47)52-45-27-24-37(25-28-45)39-16-10-15-38(31-39)36-13-3-1-4-14-36/h3,7-10,12-16,18-20,22-24,26-27,31,35,37,40,45,47,49,51-52H,1-2,4-6,11,17,21,25,28-30,32-33H2. The highest BCUT2D eigenvalue weighted by molar-refractivity contribution is 5.78. The third-order valence-electron chi connectivity index (χ3n) is 12.5. The minimum Gasteiger partial charge on any atom is -0.359 e. The molecule has 6 aliphatic carbocycles. The quantitative estimate of drug-likeness (QED) is 0.258. The van der Waals surface area contributed by atoms with Crippen LogP contribution in [0.5, 0.6) is 0 Å². The van der Waals surface area contributed by atoms with Crippen LogP contribution in [-0.2, 0) is 0 Å². The molecule has 0 bridgehead atoms. The second-order valence-corrected chi connectivity index (χ2v) is 16.0. The number of nitrogens with one attached hydrogen (secondary N) is 2. The summed E-state index contributed by atoms with van der Waals surface area (Å²) in [6, 6.07) is 21.5. The van der Waals surface area contributed by atoms with Crippen LogP contribution in [0.3, 0.4) is 0 Å². The fraction of sp³-hybridized carbons (Fsp3) is 0.408. The zero-order valence-corrected chi connectivity index (χ0v) is 30.8. The molecule has 0 aromatic heterocycles. The Balaban J connectivity index is 0.970. The van der Waals surface area contributed by atoms with Crippen molar-refractivity contribution in [2.75, 3.05) is 5.32 Å². The third kappa shape index (κ3) is 8.14. The van der Waals surface area contributed by atoms with E-state index in [9.17, 15) is 5.26 Å². The van der Waals surface area contributed by atoms with Gasteiger partial charge in [0.2, 0.25) is 0 Å². The van der Waals surface area contributed by atoms with Gasteiger partial charge >= 0.3 is 0 Å². The number of allylic oxidation sites excluding steroid dienone is 13. The Morgan fingerprint density at radius 1 is 0.769 bits per heavy atom. The summed E-state index contributed by atoms with van der Waals surface area (Å²) in [5, 5.41) is 17.9. The SMILES string of the molecule is N#CC1C=CC=C(C2CC(C3CCC=C(c4ccccc4NC4=CCCCC4)C3)=CCC2NC2C=CC(c3cccc(C4=CCCC=C4)c3)CC2)C1. The number of para-hydroxylation sites is 1. The first-order valence-corrected chi connectivity index (χ1v) is 20.3. The van der Waals surface area contributed by atoms with Crippen molar-refractivity contribution >= 4 is 16.8 Å². The number of nitrogens with zero attached hydrogens (tertiary/aromatic N) is 1. The summed E-state index contributed by atoms with van der Waals surface area (Å²) < 4.78 is 0. The van der Waals surface area contributed by atoms with E-state index in [1.807, 2.05) is 0 Å². The number of rotatable bonds is 9. The molecule has 52 heavy (non-hydrogen) atoms. The van der Waals surface area contributed by atoms with Crippen LogP contribution in [0, 0.1) is 29.1 Å². The Bertz CT molecular complexity index is 1900. The van der Waals surface area contributed by atoms with E-state index >= 15 is 0 Å². The highest BCUT2D eigenvalue weighted by Gasteiger charge is 2.34. The lowest BCUT2D eigenvalue weighted by molar-refractivity contribution is 0.321. The molecule has 6 unspecified atom stereocenters. The molecule has 2 N–H and O–H groups in total. The first-order chi connectivity index (χ1) is 25.7. The Morgan fingerprint density at radius 2 is 1.73 bits per heavy atom. The van der Waals surface area contributed by atoms with Gasteiger partial charge in [-0.15, -0.1) is 0 Å². The van der Waals surface area contributed by atoms with Crippen molar-refractivity contribution in [1.29, 1.82) is 5.26 Å². The van der Waals surface area contributed by atoms with E-state index in [1.165, 1.54) is 70.5 Å². The van der Waals surface area contributed by atoms with Crippen LogP contribution in [0.4, 0.5) is 5.69 Å². The number of hydrogen-bond acceptors (Lipinski definition) is 3. The fourth-order valence-electron chi connectivity index (χ4n) is 9.63. The molecule has 0 aliphatic heterocycles. The molecule has 0 saturated heterocycles. The van der Waals surface area contributed by atoms with Gasteiger partial charge in [-0.2, -0.15) is 5.26 Å². The summed E-state index contributed by atoms with van der Waals surface area (Å²) in [6.45, 7) is 0. The fourth-order valence-corrected chi connectivity index (χ4v) is 9.63. The van der Waals surface area contributed by atoms with Gasteiger partial charge in [0.15, 0.2) is 0 Å². The van der Waals surface area contributed by atoms with Crippen LogP contribution in [0.1, 0.15) is 112 Å². The van der Waals surface area contributed by atoms with Gasteiger partial charge in [-0.25, -0.2) is 0 Å². The van der Waals surface area contributed by atoms with Crippen molar-refractivity contribution in [3.05, 3.63) is 149 Å². The van der Waals surface area contributed by atoms with E-state index in [2.05, 4.69) is 132 Å². The molecule has 6 atom stereocenters. The second-order valence-electron chi connectivity index (χ2n) is 16.0. The molecule has 2 aromatic carbocycles. The Hall–Kier alpha value is -4.39. The van der Waals surface area contributed by atoms with Crippen molar-refractivity contribution in [2.45, 2.75) is 108 Å². The topological polar surface area (TPSA) is 47.9 Å². The van der Waals surface area contributed by atoms with E-state index in [0.717, 1.165) is 64.2 Å². The zero-order valence-electron chi connectivity index (χ0n) is 30.8. The predicted octanol–water partition coefficient (Wildman–Crippen LogP) is 12.3. The molecule has 3 nitrogen and oxygen atoms in total. The molecule has 0 spiro atoms. The lowest BCUT2D eigenvalue weighted by Gasteiger charge is -2.40. The molecule has 3 heteroatoms. The summed E-state index contributed by atoms with van der Waals surface area (Å²) in [6.07, 6.45) is 42.0. The first-order valence-electron chi connectivity index (χ1n) is 20.3. The molecule has 8 rings (SSSR count). The number of benzene rings is 2. The van der Waals surface area contributed by atoms with Crippen molar-refractivity contribution in [3.8, 4) is 6.07 Å². The molecule has 0 saturated carbocycles. The van der Waals surface area contributed by atoms with Gasteiger partial charge in [-0.05, 0) is 130 Å². The summed E-state index contributed by atoms with van der Waals surface area (Å²) >= 11 is 0. The van der Waals surface area contributed by atoms with E-state index in [4.69, 9.17) is 0 Å². The van der Waals surface area contributed by atoms with E-state index in [0.29, 0.717) is 29.8 Å². The van der Waals surface area contributed by atoms with Crippen molar-refractivity contribution < 1.29 is 0 Å². The minimum atomic E-state index is -0.0199. The molecule has 0 radical (unpaired) electrons. The number of hydrogen-bond donors (Lipinski definition) is 2. The van der Waals surface area contributed by atoms with Crippen molar-refractivity contribution in [1.82, 2.24) is 5.32 Å². The monoisotopic (exact) mass is 685 g/mol. The molecule has 0 amide bonds. The average Bonchev–Trinajstić information content (AvgIpc) is 3.22. The van der Waals surface area contributed by atoms with Crippen LogP contribution in [0.15, 0.2) is 132 Å². The molecule has 266 valence electrons. The van der Waals surface area contributed by atoms with Crippen LogP contribution in [-0.4, -0.2) is 12.1 Å². The lowest BCUT2D eigenvalue weighted by atomic mass is 9.70. The van der Waals surface area contributed by atoms with Crippen LogP contribution >= 0.6 is 0 Å². The van der Waals surface area contributed by atoms with Crippen LogP contribution in [0.2, 0.25) is 0 Å². The normalized spacial score (nSPS) is 28.9. The maximum Gasteiger partial charge on any atom is 0.0700 e. The Kier molecular flexibility index (Phi) is 11.0. The van der Waals surface area contributed by atoms with Gasteiger partial charge in [-0.1, -0.05) is 120 Å². The van der Waals surface area contributed by atoms with Gasteiger partial charge in [-0.3, -0.25) is 0 Å². The van der Waals surface area contributed by atoms with Crippen molar-refractivity contribution in [3.63, 3.8) is 0 Å². The summed E-state index contributed by atoms with van der Waals surface area (Å²) in [4.78, 5) is 0. The summed E-state index contributed by atoms with van der Waals surface area (Å²) in [5.74, 6) is 1.44. The Morgan fingerprint density at radius 3 is 2.58 bits per heavy atom. The maximum atomic E-state index is 9.88. The average molecular weight is 686 g/mol. The first kappa shape index (κ1) is 34.7. The second kappa shape index (κ2) is 16.5. The summed E-state index contributed by atoms with van der Waals surface area (Å²) in [5.41, 5.74) is 12.8. The van der Waals surface area contributed by atoms with E-state index < -0.39 is 0 Å². The summed E-state index contributed by atoms with van der Waals surface area (Å²) in [7, 11) is 0. The van der Waals surface area contributed by atoms with Gasteiger partial charge in [0.05, 0.1) is 12.0 Å². The minimum absolute atomic E-state index is 0.0199. The highest BCUT2D eigenvalue weighted by atomic mass is 15.0. The third-order valence-corrected chi connectivity index (χ3v) is 12.5. The molecular formula is C49H55N3. The van der Waals surface area contributed by atoms with Crippen LogP contribution in [0.25, 0.3) is 11.1 Å². The van der Waals surface area contributed by atoms with Gasteiger partial charge in [0.25, 0.3) is 0 Å². The lowest BCUT2D eigenvalue weighted by Crippen LogP contribution is -2.45. The number of anilines is 1. The smallest absolute Gasteiger partial charge is 0.0700 e. The van der Waals surface area contributed by atoms with Crippen LogP contribution < -0.4 is 10.6 Å². The van der Waals surface area contributed by atoms with Gasteiger partial charge in [0.1, 0.15) is 0 Å². The number of nitriles is 1. The van der Waals surface area contributed by atoms with E-state index in [-0.39, 0.29) is 5.92 Å². The molecular weight excluding hydrogens is 631 g/mol. The molecule has 0 heterocycles. The molecule has 0 fully saturated rings. The molecule has 2 aromatic rings. The maximum absolute atomic E-state index is 9.88. The van der Waals surface area contributed by atoms with Crippen molar-refractivity contribution in [2.24, 2.45) is 17.8 Å². The van der Waals surface area contributed by atoms with Gasteiger partial charge < -0.3 is 10.6 Å². The zero-order chi connectivity index (χ0) is 35.1. The molecule has 6 aliphatic rings. The van der Waals surface area contributed by atoms with Gasteiger partial charge in [0, 0.05) is 34.9 Å². The Labute approximate surface area is 312 Å². The highest BCUT2D eigenvalue weighted by Crippen LogP contribution is 2.44. The predicted molar refractivity (Wildman–Crippen MR) is 218 cm³/mol.